The van der Waals surface area contributed by atoms with Gasteiger partial charge in [0.05, 0.1) is 0 Å². The van der Waals surface area contributed by atoms with Crippen LogP contribution in [0.2, 0.25) is 0 Å². The lowest BCUT2D eigenvalue weighted by atomic mass is 10.9. The highest BCUT2D eigenvalue weighted by molar-refractivity contribution is 4.90. The van der Waals surface area contributed by atoms with Crippen LogP contribution in [0.3, 0.4) is 0 Å². The molecule has 100 valence electrons. The van der Waals surface area contributed by atoms with E-state index in [2.05, 4.69) is 4.74 Å². The number of hydrogen-bond acceptors (Lipinski definition) is 1. The molecule has 0 atom stereocenters. The summed E-state index contributed by atoms with van der Waals surface area (Å²) in [6, 6.07) is -5.37. The summed E-state index contributed by atoms with van der Waals surface area (Å²) < 4.78 is 111. The smallest absolute Gasteiger partial charge is 0.346 e. The quantitative estimate of drug-likeness (QED) is 0.506. The fraction of sp³-hybridized carbons (Fsp3) is 0. The van der Waals surface area contributed by atoms with Crippen molar-refractivity contribution in [1.29, 1.82) is 0 Å². The minimum Gasteiger partial charge on any atom is -0.396 e. The van der Waals surface area contributed by atoms with Gasteiger partial charge in [0.25, 0.3) is 0 Å². The Hall–Kier alpha value is -1.68. The summed E-state index contributed by atoms with van der Waals surface area (Å²) in [6.07, 6.45) is -11.8. The van der Waals surface area contributed by atoms with E-state index in [1.54, 1.807) is 0 Å². The van der Waals surface area contributed by atoms with Crippen LogP contribution >= 0.6 is 0 Å². The molecule has 0 rings (SSSR count). The van der Waals surface area contributed by atoms with Crippen molar-refractivity contribution in [3.63, 3.8) is 0 Å². The van der Waals surface area contributed by atoms with Gasteiger partial charge >= 0.3 is 36.3 Å². The van der Waals surface area contributed by atoms with E-state index >= 15 is 0 Å². The first-order valence-electron chi connectivity index (χ1n) is 3.05. The van der Waals surface area contributed by atoms with E-state index in [-0.39, 0.29) is 0 Å². The molecule has 0 aliphatic carbocycles. The fourth-order valence-electron chi connectivity index (χ4n) is 0.156. The molecule has 0 aromatic carbocycles. The topological polar surface area (TPSA) is 9.23 Å². The third kappa shape index (κ3) is 10.6. The van der Waals surface area contributed by atoms with E-state index in [0.29, 0.717) is 0 Å². The molecule has 0 amide bonds. The molecule has 0 spiro atoms. The molecule has 0 aliphatic heterocycles. The summed E-state index contributed by atoms with van der Waals surface area (Å²) >= 11 is 0. The average Bonchev–Trinajstić information content (AvgIpc) is 2.17. The van der Waals surface area contributed by atoms with E-state index in [9.17, 15) is 43.9 Å². The van der Waals surface area contributed by atoms with E-state index < -0.39 is 36.3 Å². The van der Waals surface area contributed by atoms with Crippen molar-refractivity contribution in [2.75, 3.05) is 0 Å². The van der Waals surface area contributed by atoms with Crippen LogP contribution in [-0.2, 0) is 4.74 Å². The Morgan fingerprint density at radius 1 is 0.412 bits per heavy atom. The molecule has 0 saturated carbocycles. The van der Waals surface area contributed by atoms with E-state index in [0.717, 1.165) is 0 Å². The number of ether oxygens (including phenoxy) is 1. The molecule has 0 aliphatic rings. The molecule has 0 bridgehead atoms. The second kappa shape index (κ2) is 8.47. The summed E-state index contributed by atoms with van der Waals surface area (Å²) in [5, 5.41) is 0. The van der Waals surface area contributed by atoms with Gasteiger partial charge in [-0.25, -0.2) is 0 Å². The largest absolute Gasteiger partial charge is 0.396 e. The first-order chi connectivity index (χ1) is 7.59. The lowest BCUT2D eigenvalue weighted by molar-refractivity contribution is 0.109. The van der Waals surface area contributed by atoms with Crippen molar-refractivity contribution in [1.82, 2.24) is 0 Å². The van der Waals surface area contributed by atoms with Gasteiger partial charge in [-0.3, -0.25) is 0 Å². The summed E-state index contributed by atoms with van der Waals surface area (Å²) in [6.45, 7) is 0. The van der Waals surface area contributed by atoms with E-state index in [4.69, 9.17) is 0 Å². The van der Waals surface area contributed by atoms with Gasteiger partial charge in [0.2, 0.25) is 0 Å². The Bertz CT molecular complexity index is 295. The van der Waals surface area contributed by atoms with Gasteiger partial charge in [-0.2, -0.15) is 43.9 Å². The Kier molecular flexibility index (Phi) is 8.82. The predicted molar refractivity (Wildman–Crippen MR) is 33.2 cm³/mol. The standard InChI is InChI=1S/C4F6O.C2F4/c5-1(6)3(9)11-4(10)2(7)8;3-1(4)2(5)6. The number of rotatable bonds is 2. The number of hydrogen-bond donors (Lipinski definition) is 0. The van der Waals surface area contributed by atoms with Crippen molar-refractivity contribution in [2.45, 2.75) is 0 Å². The normalized spacial score (nSPS) is 8.59. The lowest BCUT2D eigenvalue weighted by Crippen LogP contribution is -1.85. The highest BCUT2D eigenvalue weighted by atomic mass is 19.3. The van der Waals surface area contributed by atoms with Gasteiger partial charge < -0.3 is 4.74 Å². The van der Waals surface area contributed by atoms with Crippen LogP contribution in [0.4, 0.5) is 43.9 Å². The van der Waals surface area contributed by atoms with Crippen LogP contribution in [0.15, 0.2) is 36.3 Å². The summed E-state index contributed by atoms with van der Waals surface area (Å²) in [5.41, 5.74) is 0. The van der Waals surface area contributed by atoms with Crippen LogP contribution in [0.1, 0.15) is 0 Å². The molecule has 11 heteroatoms. The SMILES string of the molecule is FC(F)=C(F)F.FC(F)=C(F)OC(F)=C(F)F. The molecule has 1 nitrogen and oxygen atoms in total. The first kappa shape index (κ1) is 17.7. The molecular formula is C6F10O. The molecule has 0 N–H and O–H groups in total. The van der Waals surface area contributed by atoms with E-state index in [1.165, 1.54) is 0 Å². The molecule has 17 heavy (non-hydrogen) atoms. The molecule has 0 saturated heterocycles. The molecule has 0 aromatic heterocycles. The molecule has 0 radical (unpaired) electrons. The maximum atomic E-state index is 11.4. The maximum absolute atomic E-state index is 11.4. The van der Waals surface area contributed by atoms with Gasteiger partial charge in [-0.1, -0.05) is 0 Å². The zero-order chi connectivity index (χ0) is 14.2. The van der Waals surface area contributed by atoms with Crippen LogP contribution < -0.4 is 0 Å². The predicted octanol–water partition coefficient (Wildman–Crippen LogP) is 5.06. The Balaban J connectivity index is 0. The average molecular weight is 278 g/mol. The van der Waals surface area contributed by atoms with Crippen molar-refractivity contribution in [2.24, 2.45) is 0 Å². The van der Waals surface area contributed by atoms with Gasteiger partial charge in [0, 0.05) is 0 Å². The van der Waals surface area contributed by atoms with Crippen molar-refractivity contribution >= 4 is 0 Å². The number of halogens is 10. The van der Waals surface area contributed by atoms with Crippen LogP contribution in [-0.4, -0.2) is 0 Å². The zero-order valence-corrected chi connectivity index (χ0v) is 7.19. The molecule has 0 fully saturated rings. The Labute approximate surface area is 86.3 Å². The lowest BCUT2D eigenvalue weighted by Gasteiger charge is -1.94. The minimum absolute atomic E-state index is 2.68. The first-order valence-corrected chi connectivity index (χ1v) is 3.05. The second-order valence-corrected chi connectivity index (χ2v) is 1.69. The summed E-state index contributed by atoms with van der Waals surface area (Å²) in [4.78, 5) is 0. The van der Waals surface area contributed by atoms with Crippen molar-refractivity contribution in [3.05, 3.63) is 36.3 Å². The second-order valence-electron chi connectivity index (χ2n) is 1.69. The zero-order valence-electron chi connectivity index (χ0n) is 7.19. The van der Waals surface area contributed by atoms with Crippen molar-refractivity contribution in [3.8, 4) is 0 Å². The van der Waals surface area contributed by atoms with Gasteiger partial charge in [0.15, 0.2) is 0 Å². The van der Waals surface area contributed by atoms with Crippen LogP contribution in [0.25, 0.3) is 0 Å². The molecular weight excluding hydrogens is 278 g/mol. The third-order valence-electron chi connectivity index (χ3n) is 0.619. The van der Waals surface area contributed by atoms with Crippen LogP contribution in [0.5, 0.6) is 0 Å². The van der Waals surface area contributed by atoms with Crippen LogP contribution in [0, 0.1) is 0 Å². The fourth-order valence-corrected chi connectivity index (χ4v) is 0.156. The summed E-state index contributed by atoms with van der Waals surface area (Å²) in [7, 11) is 0. The van der Waals surface area contributed by atoms with E-state index in [1.807, 2.05) is 0 Å². The Morgan fingerprint density at radius 3 is 0.765 bits per heavy atom. The molecule has 0 heterocycles. The Morgan fingerprint density at radius 2 is 0.647 bits per heavy atom. The highest BCUT2D eigenvalue weighted by Crippen LogP contribution is 2.19. The van der Waals surface area contributed by atoms with Gasteiger partial charge in [-0.05, 0) is 0 Å². The molecule has 0 unspecified atom stereocenters. The monoisotopic (exact) mass is 278 g/mol. The highest BCUT2D eigenvalue weighted by Gasteiger charge is 2.13. The minimum atomic E-state index is -3.01. The third-order valence-corrected chi connectivity index (χ3v) is 0.619. The summed E-state index contributed by atoms with van der Waals surface area (Å²) in [5.74, 6) is 0. The van der Waals surface area contributed by atoms with Gasteiger partial charge in [0.1, 0.15) is 0 Å². The molecule has 0 aromatic rings. The maximum Gasteiger partial charge on any atom is 0.346 e. The van der Waals surface area contributed by atoms with Gasteiger partial charge in [-0.15, -0.1) is 0 Å². The van der Waals surface area contributed by atoms with Crippen molar-refractivity contribution < 1.29 is 48.6 Å².